The summed E-state index contributed by atoms with van der Waals surface area (Å²) in [6, 6.07) is 40.9. The summed E-state index contributed by atoms with van der Waals surface area (Å²) < 4.78 is 6.08. The highest BCUT2D eigenvalue weighted by Crippen LogP contribution is 2.44. The van der Waals surface area contributed by atoms with E-state index in [1.54, 1.807) is 11.3 Å². The number of hydrogen-bond donors (Lipinski definition) is 0. The number of rotatable bonds is 2. The molecule has 9 aromatic rings. The maximum absolute atomic E-state index is 5.36. The van der Waals surface area contributed by atoms with Crippen LogP contribution in [0.1, 0.15) is 0 Å². The zero-order valence-corrected chi connectivity index (χ0v) is 22.3. The van der Waals surface area contributed by atoms with Crippen molar-refractivity contribution in [2.45, 2.75) is 0 Å². The minimum Gasteiger partial charge on any atom is -0.276 e. The molecule has 39 heavy (non-hydrogen) atoms. The van der Waals surface area contributed by atoms with Gasteiger partial charge < -0.3 is 0 Å². The number of aromatic nitrogens is 3. The van der Waals surface area contributed by atoms with Crippen LogP contribution in [-0.2, 0) is 0 Å². The summed E-state index contributed by atoms with van der Waals surface area (Å²) in [5, 5.41) is 7.34. The molecule has 0 saturated heterocycles. The minimum atomic E-state index is 0.712. The van der Waals surface area contributed by atoms with E-state index in [2.05, 4.69) is 120 Å². The van der Waals surface area contributed by atoms with Gasteiger partial charge in [-0.2, -0.15) is 0 Å². The zero-order valence-electron chi connectivity index (χ0n) is 20.6. The third-order valence-electron chi connectivity index (χ3n) is 7.65. The van der Waals surface area contributed by atoms with E-state index in [0.29, 0.717) is 5.95 Å². The molecule has 3 nitrogen and oxygen atoms in total. The Hall–Kier alpha value is -4.58. The molecule has 182 valence electrons. The molecule has 0 aliphatic rings. The molecule has 9 rings (SSSR count). The quantitative estimate of drug-likeness (QED) is 0.221. The van der Waals surface area contributed by atoms with Crippen LogP contribution in [0.3, 0.4) is 0 Å². The molecular weight excluding hydrogens is 515 g/mol. The van der Waals surface area contributed by atoms with Crippen LogP contribution in [0.2, 0.25) is 0 Å². The summed E-state index contributed by atoms with van der Waals surface area (Å²) in [4.78, 5) is 11.6. The number of para-hydroxylation sites is 1. The van der Waals surface area contributed by atoms with Gasteiger partial charge in [-0.25, -0.2) is 9.97 Å². The Labute approximate surface area is 231 Å². The van der Waals surface area contributed by atoms with Gasteiger partial charge in [0.2, 0.25) is 5.95 Å². The van der Waals surface area contributed by atoms with Gasteiger partial charge in [0, 0.05) is 47.3 Å². The Kier molecular flexibility index (Phi) is 4.36. The Morgan fingerprint density at radius 1 is 0.513 bits per heavy atom. The Morgan fingerprint density at radius 3 is 2.03 bits per heavy atom. The summed E-state index contributed by atoms with van der Waals surface area (Å²) in [6.07, 6.45) is 0. The second-order valence-electron chi connectivity index (χ2n) is 9.81. The van der Waals surface area contributed by atoms with Crippen molar-refractivity contribution in [2.75, 3.05) is 0 Å². The van der Waals surface area contributed by atoms with E-state index in [4.69, 9.17) is 9.97 Å². The summed E-state index contributed by atoms with van der Waals surface area (Å²) in [6.45, 7) is 0. The molecule has 4 heterocycles. The van der Waals surface area contributed by atoms with Crippen LogP contribution in [0.15, 0.2) is 115 Å². The van der Waals surface area contributed by atoms with Gasteiger partial charge in [-0.15, -0.1) is 22.7 Å². The largest absolute Gasteiger partial charge is 0.276 e. The first kappa shape index (κ1) is 21.4. The topological polar surface area (TPSA) is 30.7 Å². The normalized spacial score (nSPS) is 12.1. The lowest BCUT2D eigenvalue weighted by Crippen LogP contribution is -2.02. The van der Waals surface area contributed by atoms with Crippen LogP contribution in [0.5, 0.6) is 0 Å². The summed E-state index contributed by atoms with van der Waals surface area (Å²) in [7, 11) is 0. The average Bonchev–Trinajstić information content (AvgIpc) is 3.66. The van der Waals surface area contributed by atoms with E-state index >= 15 is 0 Å². The number of hydrogen-bond acceptors (Lipinski definition) is 4. The van der Waals surface area contributed by atoms with Crippen molar-refractivity contribution in [1.82, 2.24) is 14.5 Å². The lowest BCUT2D eigenvalue weighted by Gasteiger charge is -2.10. The van der Waals surface area contributed by atoms with Gasteiger partial charge in [0.15, 0.2) is 0 Å². The lowest BCUT2D eigenvalue weighted by molar-refractivity contribution is 1.02. The number of fused-ring (bicyclic) bond motifs is 10. The molecule has 0 saturated carbocycles. The highest BCUT2D eigenvalue weighted by Gasteiger charge is 2.22. The molecule has 5 heteroatoms. The smallest absolute Gasteiger partial charge is 0.236 e. The van der Waals surface area contributed by atoms with E-state index in [1.165, 1.54) is 46.5 Å². The van der Waals surface area contributed by atoms with Crippen molar-refractivity contribution in [3.63, 3.8) is 0 Å². The van der Waals surface area contributed by atoms with Crippen LogP contribution in [0, 0.1) is 0 Å². The van der Waals surface area contributed by atoms with E-state index in [9.17, 15) is 0 Å². The first-order valence-corrected chi connectivity index (χ1v) is 14.6. The molecule has 0 N–H and O–H groups in total. The fraction of sp³-hybridized carbons (Fsp3) is 0. The molecule has 0 aliphatic carbocycles. The number of benzene rings is 5. The highest BCUT2D eigenvalue weighted by atomic mass is 32.1. The molecule has 0 unspecified atom stereocenters. The van der Waals surface area contributed by atoms with Gasteiger partial charge in [0.25, 0.3) is 0 Å². The first-order chi connectivity index (χ1) is 19.3. The third-order valence-corrected chi connectivity index (χ3v) is 9.91. The Bertz CT molecular complexity index is 2390. The van der Waals surface area contributed by atoms with Crippen LogP contribution < -0.4 is 0 Å². The Balaban J connectivity index is 1.48. The van der Waals surface area contributed by atoms with Gasteiger partial charge in [0.1, 0.15) is 4.83 Å². The molecular formula is C34H19N3S2. The maximum atomic E-state index is 5.36. The van der Waals surface area contributed by atoms with Gasteiger partial charge >= 0.3 is 0 Å². The second-order valence-corrected chi connectivity index (χ2v) is 11.9. The summed E-state index contributed by atoms with van der Waals surface area (Å²) in [5.74, 6) is 0.712. The van der Waals surface area contributed by atoms with Crippen molar-refractivity contribution in [3.05, 3.63) is 115 Å². The predicted octanol–water partition coefficient (Wildman–Crippen LogP) is 9.98. The monoisotopic (exact) mass is 533 g/mol. The standard InChI is InChI=1S/C34H19N3S2/c1-2-10-20(11-3-1)30-29-25-14-6-9-17-28(25)39-33(29)36-34(35-30)37-26-15-7-4-12-21(26)23-18-19-24-22-13-5-8-16-27(22)38-32(24)31(23)37/h1-19H. The van der Waals surface area contributed by atoms with Crippen molar-refractivity contribution in [1.29, 1.82) is 0 Å². The molecule has 0 fully saturated rings. The van der Waals surface area contributed by atoms with Crippen LogP contribution in [0.4, 0.5) is 0 Å². The SMILES string of the molecule is c1ccc(-c2nc(-n3c4ccccc4c4ccc5c6ccccc6sc5c43)nc3sc4ccccc4c23)cc1. The van der Waals surface area contributed by atoms with Gasteiger partial charge in [-0.05, 0) is 18.2 Å². The fourth-order valence-corrected chi connectivity index (χ4v) is 8.27. The second kappa shape index (κ2) is 7.96. The highest BCUT2D eigenvalue weighted by molar-refractivity contribution is 7.26. The zero-order chi connectivity index (χ0) is 25.5. The van der Waals surface area contributed by atoms with E-state index in [-0.39, 0.29) is 0 Å². The van der Waals surface area contributed by atoms with E-state index in [1.807, 2.05) is 11.3 Å². The average molecular weight is 534 g/mol. The van der Waals surface area contributed by atoms with E-state index < -0.39 is 0 Å². The van der Waals surface area contributed by atoms with Crippen LogP contribution >= 0.6 is 22.7 Å². The minimum absolute atomic E-state index is 0.712. The maximum Gasteiger partial charge on any atom is 0.236 e. The predicted molar refractivity (Wildman–Crippen MR) is 168 cm³/mol. The van der Waals surface area contributed by atoms with Gasteiger partial charge in [0.05, 0.1) is 21.4 Å². The number of thiophene rings is 2. The molecule has 0 radical (unpaired) electrons. The van der Waals surface area contributed by atoms with Crippen LogP contribution in [0.25, 0.3) is 79.5 Å². The molecule has 0 atom stereocenters. The van der Waals surface area contributed by atoms with Gasteiger partial charge in [-0.1, -0.05) is 97.1 Å². The molecule has 0 amide bonds. The number of nitrogens with zero attached hydrogens (tertiary/aromatic N) is 3. The van der Waals surface area contributed by atoms with Crippen LogP contribution in [-0.4, -0.2) is 14.5 Å². The van der Waals surface area contributed by atoms with E-state index in [0.717, 1.165) is 27.0 Å². The molecule has 0 spiro atoms. The molecule has 0 aliphatic heterocycles. The van der Waals surface area contributed by atoms with Crippen molar-refractivity contribution in [3.8, 4) is 17.2 Å². The third kappa shape index (κ3) is 2.97. The van der Waals surface area contributed by atoms with Gasteiger partial charge in [-0.3, -0.25) is 4.57 Å². The lowest BCUT2D eigenvalue weighted by atomic mass is 10.1. The fourth-order valence-electron chi connectivity index (χ4n) is 5.96. The van der Waals surface area contributed by atoms with Crippen molar-refractivity contribution < 1.29 is 0 Å². The molecule has 4 aromatic heterocycles. The molecule has 0 bridgehead atoms. The first-order valence-electron chi connectivity index (χ1n) is 12.9. The summed E-state index contributed by atoms with van der Waals surface area (Å²) >= 11 is 3.59. The Morgan fingerprint density at radius 2 is 1.18 bits per heavy atom. The molecule has 5 aromatic carbocycles. The van der Waals surface area contributed by atoms with Crippen molar-refractivity contribution in [2.24, 2.45) is 0 Å². The van der Waals surface area contributed by atoms with Crippen molar-refractivity contribution >= 4 is 85.0 Å². The summed E-state index contributed by atoms with van der Waals surface area (Å²) in [5.41, 5.74) is 4.37.